The second kappa shape index (κ2) is 4.59. The van der Waals surface area contributed by atoms with Crippen LogP contribution in [0.25, 0.3) is 10.9 Å². The third-order valence-electron chi connectivity index (χ3n) is 2.42. The fourth-order valence-corrected chi connectivity index (χ4v) is 2.96. The van der Waals surface area contributed by atoms with Crippen LogP contribution in [0.3, 0.4) is 0 Å². The number of nitrogens with one attached hydrogen (secondary N) is 2. The highest BCUT2D eigenvalue weighted by molar-refractivity contribution is 9.11. The molecule has 0 aliphatic carbocycles. The Morgan fingerprint density at radius 1 is 1.44 bits per heavy atom. The molecule has 1 aromatic heterocycles. The highest BCUT2D eigenvalue weighted by Gasteiger charge is 2.10. The minimum atomic E-state index is 0.0111. The predicted octanol–water partition coefficient (Wildman–Crippen LogP) is 2.98. The standard InChI is InChI=1S/C11H10Br2N2O/c1-14-10(16)2-6-5-15-11-8(6)3-7(12)4-9(11)13/h3-5,15H,2H2,1H3,(H,14,16). The summed E-state index contributed by atoms with van der Waals surface area (Å²) >= 11 is 6.92. The Kier molecular flexibility index (Phi) is 3.35. The molecule has 2 N–H and O–H groups in total. The van der Waals surface area contributed by atoms with E-state index in [-0.39, 0.29) is 5.91 Å². The van der Waals surface area contributed by atoms with E-state index in [9.17, 15) is 4.79 Å². The first-order valence-corrected chi connectivity index (χ1v) is 6.36. The molecule has 2 rings (SSSR count). The number of halogens is 2. The van der Waals surface area contributed by atoms with Crippen molar-refractivity contribution in [3.05, 3.63) is 32.8 Å². The number of fused-ring (bicyclic) bond motifs is 1. The molecule has 0 fully saturated rings. The Balaban J connectivity index is 2.51. The summed E-state index contributed by atoms with van der Waals surface area (Å²) in [6.07, 6.45) is 2.26. The third kappa shape index (κ3) is 2.15. The number of likely N-dealkylation sites (N-methyl/N-ethyl adjacent to an activating group) is 1. The molecular weight excluding hydrogens is 336 g/mol. The molecule has 1 heterocycles. The zero-order chi connectivity index (χ0) is 11.7. The van der Waals surface area contributed by atoms with E-state index in [1.807, 2.05) is 18.3 Å². The monoisotopic (exact) mass is 344 g/mol. The smallest absolute Gasteiger partial charge is 0.224 e. The van der Waals surface area contributed by atoms with Crippen molar-refractivity contribution >= 4 is 48.7 Å². The molecule has 2 aromatic rings. The lowest BCUT2D eigenvalue weighted by molar-refractivity contribution is -0.119. The molecule has 5 heteroatoms. The second-order valence-electron chi connectivity index (χ2n) is 3.47. The summed E-state index contributed by atoms with van der Waals surface area (Å²) in [5.74, 6) is 0.0111. The van der Waals surface area contributed by atoms with Gasteiger partial charge in [-0.05, 0) is 33.6 Å². The number of carbonyl (C=O) groups excluding carboxylic acids is 1. The van der Waals surface area contributed by atoms with Crippen LogP contribution in [-0.2, 0) is 11.2 Å². The van der Waals surface area contributed by atoms with E-state index < -0.39 is 0 Å². The largest absolute Gasteiger partial charge is 0.360 e. The molecule has 84 valence electrons. The Hall–Kier alpha value is -0.810. The van der Waals surface area contributed by atoms with Crippen LogP contribution < -0.4 is 5.32 Å². The van der Waals surface area contributed by atoms with Gasteiger partial charge in [-0.15, -0.1) is 0 Å². The van der Waals surface area contributed by atoms with Gasteiger partial charge in [-0.2, -0.15) is 0 Å². The molecular formula is C11H10Br2N2O. The van der Waals surface area contributed by atoms with Crippen molar-refractivity contribution in [2.45, 2.75) is 6.42 Å². The summed E-state index contributed by atoms with van der Waals surface area (Å²) < 4.78 is 1.98. The molecule has 0 unspecified atom stereocenters. The molecule has 0 aliphatic heterocycles. The Morgan fingerprint density at radius 2 is 2.19 bits per heavy atom. The minimum Gasteiger partial charge on any atom is -0.360 e. The lowest BCUT2D eigenvalue weighted by Crippen LogP contribution is -2.19. The number of amides is 1. The maximum absolute atomic E-state index is 11.3. The molecule has 0 aliphatic rings. The van der Waals surface area contributed by atoms with Crippen LogP contribution in [0.2, 0.25) is 0 Å². The maximum Gasteiger partial charge on any atom is 0.224 e. The first kappa shape index (κ1) is 11.7. The van der Waals surface area contributed by atoms with Gasteiger partial charge in [-0.25, -0.2) is 0 Å². The van der Waals surface area contributed by atoms with Crippen LogP contribution in [0.4, 0.5) is 0 Å². The second-order valence-corrected chi connectivity index (χ2v) is 5.24. The molecule has 0 radical (unpaired) electrons. The van der Waals surface area contributed by atoms with Crippen LogP contribution in [0, 0.1) is 0 Å². The van der Waals surface area contributed by atoms with Gasteiger partial charge in [0.25, 0.3) is 0 Å². The number of aromatic nitrogens is 1. The predicted molar refractivity (Wildman–Crippen MR) is 71.5 cm³/mol. The van der Waals surface area contributed by atoms with Crippen molar-refractivity contribution < 1.29 is 4.79 Å². The molecule has 0 spiro atoms. The van der Waals surface area contributed by atoms with Gasteiger partial charge in [0.05, 0.1) is 11.9 Å². The highest BCUT2D eigenvalue weighted by Crippen LogP contribution is 2.30. The molecule has 0 bridgehead atoms. The van der Waals surface area contributed by atoms with Crippen molar-refractivity contribution in [1.82, 2.24) is 10.3 Å². The van der Waals surface area contributed by atoms with Crippen LogP contribution >= 0.6 is 31.9 Å². The summed E-state index contributed by atoms with van der Waals surface area (Å²) in [5, 5.41) is 3.68. The summed E-state index contributed by atoms with van der Waals surface area (Å²) in [6, 6.07) is 3.98. The topological polar surface area (TPSA) is 44.9 Å². The van der Waals surface area contributed by atoms with Gasteiger partial charge in [0.1, 0.15) is 0 Å². The molecule has 3 nitrogen and oxygen atoms in total. The Labute approximate surface area is 110 Å². The fourth-order valence-electron chi connectivity index (χ4n) is 1.62. The third-order valence-corrected chi connectivity index (χ3v) is 3.50. The maximum atomic E-state index is 11.3. The van der Waals surface area contributed by atoms with Crippen molar-refractivity contribution in [1.29, 1.82) is 0 Å². The lowest BCUT2D eigenvalue weighted by atomic mass is 10.1. The van der Waals surface area contributed by atoms with E-state index >= 15 is 0 Å². The van der Waals surface area contributed by atoms with E-state index in [2.05, 4.69) is 42.2 Å². The van der Waals surface area contributed by atoms with Crippen LogP contribution in [-0.4, -0.2) is 17.9 Å². The minimum absolute atomic E-state index is 0.0111. The first-order chi connectivity index (χ1) is 7.61. The zero-order valence-corrected chi connectivity index (χ0v) is 11.8. The molecule has 16 heavy (non-hydrogen) atoms. The summed E-state index contributed by atoms with van der Waals surface area (Å²) in [7, 11) is 1.64. The number of hydrogen-bond acceptors (Lipinski definition) is 1. The number of aromatic amines is 1. The molecule has 0 saturated carbocycles. The van der Waals surface area contributed by atoms with Gasteiger partial charge in [0, 0.05) is 27.6 Å². The fraction of sp³-hybridized carbons (Fsp3) is 0.182. The average Bonchev–Trinajstić information content (AvgIpc) is 2.61. The van der Waals surface area contributed by atoms with Crippen LogP contribution in [0.5, 0.6) is 0 Å². The first-order valence-electron chi connectivity index (χ1n) is 4.77. The van der Waals surface area contributed by atoms with Gasteiger partial charge < -0.3 is 10.3 Å². The SMILES string of the molecule is CNC(=O)Cc1c[nH]c2c(Br)cc(Br)cc12. The Morgan fingerprint density at radius 3 is 2.88 bits per heavy atom. The molecule has 0 atom stereocenters. The number of benzene rings is 1. The van der Waals surface area contributed by atoms with Crippen molar-refractivity contribution in [2.24, 2.45) is 0 Å². The normalized spacial score (nSPS) is 10.7. The van der Waals surface area contributed by atoms with E-state index in [0.717, 1.165) is 25.4 Å². The highest BCUT2D eigenvalue weighted by atomic mass is 79.9. The lowest BCUT2D eigenvalue weighted by Gasteiger charge is -2.00. The van der Waals surface area contributed by atoms with Crippen LogP contribution in [0.15, 0.2) is 27.3 Å². The summed E-state index contributed by atoms with van der Waals surface area (Å²) in [6.45, 7) is 0. The quantitative estimate of drug-likeness (QED) is 0.863. The van der Waals surface area contributed by atoms with Crippen molar-refractivity contribution in [3.8, 4) is 0 Å². The number of rotatable bonds is 2. The van der Waals surface area contributed by atoms with E-state index in [1.54, 1.807) is 7.05 Å². The van der Waals surface area contributed by atoms with E-state index in [0.29, 0.717) is 6.42 Å². The van der Waals surface area contributed by atoms with E-state index in [1.165, 1.54) is 0 Å². The molecule has 1 amide bonds. The van der Waals surface area contributed by atoms with Crippen LogP contribution in [0.1, 0.15) is 5.56 Å². The van der Waals surface area contributed by atoms with Crippen molar-refractivity contribution in [3.63, 3.8) is 0 Å². The summed E-state index contributed by atoms with van der Waals surface area (Å²) in [5.41, 5.74) is 2.01. The molecule has 1 aromatic carbocycles. The van der Waals surface area contributed by atoms with Gasteiger partial charge >= 0.3 is 0 Å². The van der Waals surface area contributed by atoms with Gasteiger partial charge in [0.2, 0.25) is 5.91 Å². The van der Waals surface area contributed by atoms with Crippen molar-refractivity contribution in [2.75, 3.05) is 7.05 Å². The number of hydrogen-bond donors (Lipinski definition) is 2. The summed E-state index contributed by atoms with van der Waals surface area (Å²) in [4.78, 5) is 14.5. The molecule has 0 saturated heterocycles. The Bertz CT molecular complexity index is 548. The van der Waals surface area contributed by atoms with Gasteiger partial charge in [-0.3, -0.25) is 4.79 Å². The number of carbonyl (C=O) groups is 1. The van der Waals surface area contributed by atoms with Gasteiger partial charge in [0.15, 0.2) is 0 Å². The average molecular weight is 346 g/mol. The van der Waals surface area contributed by atoms with E-state index in [4.69, 9.17) is 0 Å². The van der Waals surface area contributed by atoms with Gasteiger partial charge in [-0.1, -0.05) is 15.9 Å². The number of H-pyrrole nitrogens is 1. The zero-order valence-electron chi connectivity index (χ0n) is 8.60.